The number of carbonyl (C=O) groups is 2. The zero-order valence-electron chi connectivity index (χ0n) is 21.6. The first-order valence-electron chi connectivity index (χ1n) is 12.9. The summed E-state index contributed by atoms with van der Waals surface area (Å²) in [4.78, 5) is 28.3. The van der Waals surface area contributed by atoms with E-state index in [0.29, 0.717) is 47.9 Å². The number of likely N-dealkylation sites (tertiary alicyclic amines) is 1. The Morgan fingerprint density at radius 2 is 1.46 bits per heavy atom. The van der Waals surface area contributed by atoms with E-state index < -0.39 is 17.7 Å². The van der Waals surface area contributed by atoms with Gasteiger partial charge in [-0.15, -0.1) is 0 Å². The van der Waals surface area contributed by atoms with E-state index in [9.17, 15) is 14.7 Å². The Balaban J connectivity index is 1.55. The van der Waals surface area contributed by atoms with Gasteiger partial charge < -0.3 is 19.5 Å². The molecule has 5 rings (SSSR count). The third kappa shape index (κ3) is 5.70. The molecular formula is C33H29NO5. The number of ether oxygens (including phenoxy) is 2. The molecule has 1 saturated heterocycles. The van der Waals surface area contributed by atoms with Gasteiger partial charge in [0, 0.05) is 12.1 Å². The Morgan fingerprint density at radius 1 is 0.795 bits per heavy atom. The fourth-order valence-electron chi connectivity index (χ4n) is 4.76. The first kappa shape index (κ1) is 25.8. The number of para-hydroxylation sites is 1. The second kappa shape index (κ2) is 11.7. The highest BCUT2D eigenvalue weighted by atomic mass is 16.5. The van der Waals surface area contributed by atoms with Gasteiger partial charge in [0.15, 0.2) is 0 Å². The first-order chi connectivity index (χ1) is 19.0. The summed E-state index contributed by atoms with van der Waals surface area (Å²) in [5, 5.41) is 11.4. The number of rotatable bonds is 9. The standard InChI is InChI=1S/C33H29NO5/c1-2-38-26-18-16-24(17-19-26)31(35)29-30(25-12-9-15-28(22-25)39-27-13-7-4-8-14-27)34(33(37)32(29)36)21-20-23-10-5-3-6-11-23/h3-19,22,30,35H,2,20-21H2,1H3. The summed E-state index contributed by atoms with van der Waals surface area (Å²) >= 11 is 0. The number of amides is 1. The molecule has 196 valence electrons. The molecular weight excluding hydrogens is 490 g/mol. The summed E-state index contributed by atoms with van der Waals surface area (Å²) in [6.07, 6.45) is 0.563. The van der Waals surface area contributed by atoms with Gasteiger partial charge in [0.25, 0.3) is 11.7 Å². The zero-order valence-corrected chi connectivity index (χ0v) is 21.6. The van der Waals surface area contributed by atoms with Gasteiger partial charge in [0.2, 0.25) is 0 Å². The lowest BCUT2D eigenvalue weighted by Gasteiger charge is -2.26. The lowest BCUT2D eigenvalue weighted by molar-refractivity contribution is -0.139. The normalized spacial score (nSPS) is 16.3. The number of hydrogen-bond donors (Lipinski definition) is 1. The minimum Gasteiger partial charge on any atom is -0.507 e. The summed E-state index contributed by atoms with van der Waals surface area (Å²) in [5.41, 5.74) is 2.20. The van der Waals surface area contributed by atoms with Crippen LogP contribution in [0.25, 0.3) is 5.76 Å². The highest BCUT2D eigenvalue weighted by molar-refractivity contribution is 6.46. The summed E-state index contributed by atoms with van der Waals surface area (Å²) < 4.78 is 11.5. The van der Waals surface area contributed by atoms with Crippen LogP contribution in [0, 0.1) is 0 Å². The summed E-state index contributed by atoms with van der Waals surface area (Å²) in [6.45, 7) is 2.71. The van der Waals surface area contributed by atoms with Gasteiger partial charge in [0.05, 0.1) is 18.2 Å². The van der Waals surface area contributed by atoms with Crippen molar-refractivity contribution in [2.75, 3.05) is 13.2 Å². The third-order valence-electron chi connectivity index (χ3n) is 6.62. The average molecular weight is 520 g/mol. The molecule has 0 aromatic heterocycles. The smallest absolute Gasteiger partial charge is 0.295 e. The van der Waals surface area contributed by atoms with Crippen molar-refractivity contribution in [3.8, 4) is 17.2 Å². The summed E-state index contributed by atoms with van der Waals surface area (Å²) in [7, 11) is 0. The lowest BCUT2D eigenvalue weighted by atomic mass is 9.95. The number of aliphatic hydroxyl groups is 1. The largest absolute Gasteiger partial charge is 0.507 e. The number of benzene rings is 4. The number of nitrogens with zero attached hydrogens (tertiary/aromatic N) is 1. The maximum absolute atomic E-state index is 13.4. The fraction of sp³-hybridized carbons (Fsp3) is 0.152. The molecule has 1 heterocycles. The van der Waals surface area contributed by atoms with Gasteiger partial charge in [-0.05, 0) is 73.0 Å². The second-order valence-electron chi connectivity index (χ2n) is 9.17. The van der Waals surface area contributed by atoms with E-state index in [1.807, 2.05) is 91.9 Å². The minimum atomic E-state index is -0.778. The van der Waals surface area contributed by atoms with Gasteiger partial charge in [0.1, 0.15) is 23.0 Å². The molecule has 1 atom stereocenters. The van der Waals surface area contributed by atoms with E-state index in [-0.39, 0.29) is 11.3 Å². The SMILES string of the molecule is CCOc1ccc(C(O)=C2C(=O)C(=O)N(CCc3ccccc3)C2c2cccc(Oc3ccccc3)c2)cc1. The maximum atomic E-state index is 13.4. The molecule has 0 spiro atoms. The molecule has 6 nitrogen and oxygen atoms in total. The molecule has 0 aliphatic carbocycles. The van der Waals surface area contributed by atoms with E-state index in [1.54, 1.807) is 24.3 Å². The van der Waals surface area contributed by atoms with Crippen LogP contribution in [0.5, 0.6) is 17.2 Å². The van der Waals surface area contributed by atoms with E-state index in [2.05, 4.69) is 0 Å². The lowest BCUT2D eigenvalue weighted by Crippen LogP contribution is -2.31. The van der Waals surface area contributed by atoms with Crippen LogP contribution in [0.15, 0.2) is 115 Å². The van der Waals surface area contributed by atoms with Gasteiger partial charge >= 0.3 is 0 Å². The fourth-order valence-corrected chi connectivity index (χ4v) is 4.76. The molecule has 1 aliphatic heterocycles. The van der Waals surface area contributed by atoms with Crippen LogP contribution >= 0.6 is 0 Å². The van der Waals surface area contributed by atoms with Crippen molar-refractivity contribution in [2.24, 2.45) is 0 Å². The maximum Gasteiger partial charge on any atom is 0.295 e. The zero-order chi connectivity index (χ0) is 27.2. The Morgan fingerprint density at radius 3 is 2.15 bits per heavy atom. The van der Waals surface area contributed by atoms with Crippen LogP contribution in [0.4, 0.5) is 0 Å². The van der Waals surface area contributed by atoms with Gasteiger partial charge in [-0.3, -0.25) is 9.59 Å². The van der Waals surface area contributed by atoms with E-state index in [4.69, 9.17) is 9.47 Å². The van der Waals surface area contributed by atoms with Crippen molar-refractivity contribution in [1.29, 1.82) is 0 Å². The topological polar surface area (TPSA) is 76.1 Å². The molecule has 1 N–H and O–H groups in total. The molecule has 1 unspecified atom stereocenters. The first-order valence-corrected chi connectivity index (χ1v) is 12.9. The summed E-state index contributed by atoms with van der Waals surface area (Å²) in [6, 6.07) is 32.5. The molecule has 4 aromatic rings. The minimum absolute atomic E-state index is 0.0501. The van der Waals surface area contributed by atoms with Crippen LogP contribution in [0.2, 0.25) is 0 Å². The highest BCUT2D eigenvalue weighted by Crippen LogP contribution is 2.41. The highest BCUT2D eigenvalue weighted by Gasteiger charge is 2.46. The second-order valence-corrected chi connectivity index (χ2v) is 9.17. The number of carbonyl (C=O) groups excluding carboxylic acids is 2. The molecule has 0 radical (unpaired) electrons. The van der Waals surface area contributed by atoms with E-state index in [0.717, 1.165) is 5.56 Å². The quantitative estimate of drug-likeness (QED) is 0.154. The van der Waals surface area contributed by atoms with E-state index in [1.165, 1.54) is 4.90 Å². The van der Waals surface area contributed by atoms with Crippen molar-refractivity contribution in [3.63, 3.8) is 0 Å². The van der Waals surface area contributed by atoms with E-state index >= 15 is 0 Å². The van der Waals surface area contributed by atoms with Crippen molar-refractivity contribution < 1.29 is 24.2 Å². The Hall–Kier alpha value is -4.84. The van der Waals surface area contributed by atoms with Crippen molar-refractivity contribution in [2.45, 2.75) is 19.4 Å². The van der Waals surface area contributed by atoms with Gasteiger partial charge in [-0.2, -0.15) is 0 Å². The van der Waals surface area contributed by atoms with Crippen molar-refractivity contribution in [3.05, 3.63) is 131 Å². The molecule has 1 amide bonds. The van der Waals surface area contributed by atoms with Crippen LogP contribution < -0.4 is 9.47 Å². The molecule has 39 heavy (non-hydrogen) atoms. The molecule has 4 aromatic carbocycles. The van der Waals surface area contributed by atoms with Crippen LogP contribution in [0.3, 0.4) is 0 Å². The third-order valence-corrected chi connectivity index (χ3v) is 6.62. The predicted octanol–water partition coefficient (Wildman–Crippen LogP) is 6.54. The molecule has 0 saturated carbocycles. The van der Waals surface area contributed by atoms with Crippen LogP contribution in [-0.2, 0) is 16.0 Å². The number of aliphatic hydroxyl groups excluding tert-OH is 1. The van der Waals surface area contributed by atoms with Crippen molar-refractivity contribution >= 4 is 17.4 Å². The number of Topliss-reactive ketones (excluding diaryl/α,β-unsaturated/α-hetero) is 1. The Kier molecular flexibility index (Phi) is 7.73. The van der Waals surface area contributed by atoms with Crippen LogP contribution in [0.1, 0.15) is 29.7 Å². The number of hydrogen-bond acceptors (Lipinski definition) is 5. The summed E-state index contributed by atoms with van der Waals surface area (Å²) in [5.74, 6) is 0.305. The van der Waals surface area contributed by atoms with Gasteiger partial charge in [-0.25, -0.2) is 0 Å². The monoisotopic (exact) mass is 519 g/mol. The van der Waals surface area contributed by atoms with Crippen LogP contribution in [-0.4, -0.2) is 34.8 Å². The Labute approximate surface area is 227 Å². The van der Waals surface area contributed by atoms with Gasteiger partial charge in [-0.1, -0.05) is 60.7 Å². The molecule has 1 fully saturated rings. The molecule has 6 heteroatoms. The molecule has 1 aliphatic rings. The van der Waals surface area contributed by atoms with Crippen molar-refractivity contribution in [1.82, 2.24) is 4.90 Å². The molecule has 0 bridgehead atoms. The average Bonchev–Trinajstić information content (AvgIpc) is 3.22. The Bertz CT molecular complexity index is 1480. The number of ketones is 1. The predicted molar refractivity (Wildman–Crippen MR) is 150 cm³/mol.